The molecule has 1 aliphatic heterocycles. The van der Waals surface area contributed by atoms with E-state index < -0.39 is 0 Å². The van der Waals surface area contributed by atoms with Crippen molar-refractivity contribution in [2.24, 2.45) is 11.7 Å². The SMILES string of the molecule is CC(N)Cc1cnc(N2CCC(C)CC2C)nc1. The summed E-state index contributed by atoms with van der Waals surface area (Å²) in [5.41, 5.74) is 6.89. The molecule has 1 fully saturated rings. The number of hydrogen-bond acceptors (Lipinski definition) is 4. The number of anilines is 1. The zero-order chi connectivity index (χ0) is 13.1. The van der Waals surface area contributed by atoms with E-state index >= 15 is 0 Å². The molecular formula is C14H24N4. The van der Waals surface area contributed by atoms with Crippen molar-refractivity contribution in [3.63, 3.8) is 0 Å². The van der Waals surface area contributed by atoms with Crippen LogP contribution in [-0.2, 0) is 6.42 Å². The molecule has 0 aliphatic carbocycles. The van der Waals surface area contributed by atoms with Crippen molar-refractivity contribution in [3.05, 3.63) is 18.0 Å². The molecule has 0 saturated carbocycles. The molecule has 0 amide bonds. The van der Waals surface area contributed by atoms with Gasteiger partial charge in [-0.05, 0) is 44.6 Å². The first kappa shape index (κ1) is 13.3. The minimum atomic E-state index is 0.161. The highest BCUT2D eigenvalue weighted by molar-refractivity contribution is 5.32. The molecule has 2 N–H and O–H groups in total. The number of nitrogens with zero attached hydrogens (tertiary/aromatic N) is 3. The van der Waals surface area contributed by atoms with E-state index in [0.29, 0.717) is 6.04 Å². The molecule has 1 aromatic heterocycles. The summed E-state index contributed by atoms with van der Waals surface area (Å²) >= 11 is 0. The van der Waals surface area contributed by atoms with Crippen LogP contribution in [0.3, 0.4) is 0 Å². The summed E-state index contributed by atoms with van der Waals surface area (Å²) in [6, 6.07) is 0.697. The van der Waals surface area contributed by atoms with E-state index in [0.717, 1.165) is 30.4 Å². The standard InChI is InChI=1S/C14H24N4/c1-10-4-5-18(12(3)6-10)14-16-8-13(9-17-14)7-11(2)15/h8-12H,4-7,15H2,1-3H3. The number of piperidine rings is 1. The Morgan fingerprint density at radius 1 is 1.39 bits per heavy atom. The number of nitrogens with two attached hydrogens (primary N) is 1. The van der Waals surface area contributed by atoms with E-state index in [9.17, 15) is 0 Å². The second-order valence-corrected chi connectivity index (χ2v) is 5.74. The summed E-state index contributed by atoms with van der Waals surface area (Å²) in [7, 11) is 0. The van der Waals surface area contributed by atoms with Crippen LogP contribution in [0, 0.1) is 5.92 Å². The van der Waals surface area contributed by atoms with E-state index in [-0.39, 0.29) is 6.04 Å². The van der Waals surface area contributed by atoms with Gasteiger partial charge in [0, 0.05) is 31.0 Å². The molecule has 0 bridgehead atoms. The van der Waals surface area contributed by atoms with E-state index in [2.05, 4.69) is 28.7 Å². The van der Waals surface area contributed by atoms with Gasteiger partial charge in [0.2, 0.25) is 5.95 Å². The first-order valence-corrected chi connectivity index (χ1v) is 6.89. The van der Waals surface area contributed by atoms with Gasteiger partial charge in [-0.1, -0.05) is 6.92 Å². The molecule has 0 radical (unpaired) electrons. The van der Waals surface area contributed by atoms with Crippen LogP contribution >= 0.6 is 0 Å². The topological polar surface area (TPSA) is 55.0 Å². The second-order valence-electron chi connectivity index (χ2n) is 5.74. The Hall–Kier alpha value is -1.16. The van der Waals surface area contributed by atoms with Crippen LogP contribution in [0.5, 0.6) is 0 Å². The van der Waals surface area contributed by atoms with Crippen LogP contribution < -0.4 is 10.6 Å². The summed E-state index contributed by atoms with van der Waals surface area (Å²) in [6.07, 6.45) is 7.12. The number of rotatable bonds is 3. The zero-order valence-electron chi connectivity index (χ0n) is 11.6. The summed E-state index contributed by atoms with van der Waals surface area (Å²) in [5, 5.41) is 0. The van der Waals surface area contributed by atoms with Crippen molar-refractivity contribution in [3.8, 4) is 0 Å². The van der Waals surface area contributed by atoms with Crippen LogP contribution in [0.15, 0.2) is 12.4 Å². The van der Waals surface area contributed by atoms with Crippen LogP contribution in [-0.4, -0.2) is 28.6 Å². The predicted octanol–water partition coefficient (Wildman–Crippen LogP) is 1.99. The van der Waals surface area contributed by atoms with E-state index in [4.69, 9.17) is 5.73 Å². The van der Waals surface area contributed by atoms with Crippen LogP contribution in [0.4, 0.5) is 5.95 Å². The van der Waals surface area contributed by atoms with Gasteiger partial charge in [-0.25, -0.2) is 9.97 Å². The first-order chi connectivity index (χ1) is 8.56. The molecule has 1 aromatic rings. The number of hydrogen-bond donors (Lipinski definition) is 1. The fourth-order valence-corrected chi connectivity index (χ4v) is 2.68. The second kappa shape index (κ2) is 5.65. The summed E-state index contributed by atoms with van der Waals surface area (Å²) in [6.45, 7) is 7.65. The van der Waals surface area contributed by atoms with Gasteiger partial charge >= 0.3 is 0 Å². The monoisotopic (exact) mass is 248 g/mol. The van der Waals surface area contributed by atoms with Gasteiger partial charge in [0.15, 0.2) is 0 Å². The lowest BCUT2D eigenvalue weighted by molar-refractivity contribution is 0.374. The highest BCUT2D eigenvalue weighted by Gasteiger charge is 2.24. The van der Waals surface area contributed by atoms with E-state index in [1.165, 1.54) is 12.8 Å². The van der Waals surface area contributed by atoms with Gasteiger partial charge < -0.3 is 10.6 Å². The van der Waals surface area contributed by atoms with Crippen LogP contribution in [0.25, 0.3) is 0 Å². The maximum atomic E-state index is 5.78. The van der Waals surface area contributed by atoms with Crippen molar-refractivity contribution in [1.29, 1.82) is 0 Å². The molecular weight excluding hydrogens is 224 g/mol. The van der Waals surface area contributed by atoms with Gasteiger partial charge in [-0.15, -0.1) is 0 Å². The smallest absolute Gasteiger partial charge is 0.225 e. The van der Waals surface area contributed by atoms with Crippen molar-refractivity contribution in [2.75, 3.05) is 11.4 Å². The molecule has 100 valence electrons. The Labute approximate surface area is 110 Å². The van der Waals surface area contributed by atoms with Crippen molar-refractivity contribution in [1.82, 2.24) is 9.97 Å². The van der Waals surface area contributed by atoms with Gasteiger partial charge in [0.25, 0.3) is 0 Å². The predicted molar refractivity (Wildman–Crippen MR) is 74.6 cm³/mol. The zero-order valence-corrected chi connectivity index (χ0v) is 11.6. The average Bonchev–Trinajstić information content (AvgIpc) is 2.30. The molecule has 4 nitrogen and oxygen atoms in total. The van der Waals surface area contributed by atoms with Gasteiger partial charge in [-0.2, -0.15) is 0 Å². The normalized spacial score (nSPS) is 26.1. The molecule has 3 atom stereocenters. The van der Waals surface area contributed by atoms with E-state index in [1.807, 2.05) is 19.3 Å². The molecule has 0 spiro atoms. The summed E-state index contributed by atoms with van der Waals surface area (Å²) in [5.74, 6) is 1.68. The van der Waals surface area contributed by atoms with Gasteiger partial charge in [0.05, 0.1) is 0 Å². The Kier molecular flexibility index (Phi) is 4.17. The molecule has 0 aromatic carbocycles. The minimum absolute atomic E-state index is 0.161. The molecule has 3 unspecified atom stereocenters. The molecule has 1 saturated heterocycles. The third-order valence-corrected chi connectivity index (χ3v) is 3.64. The number of aromatic nitrogens is 2. The Morgan fingerprint density at radius 2 is 2.06 bits per heavy atom. The quantitative estimate of drug-likeness (QED) is 0.889. The lowest BCUT2D eigenvalue weighted by atomic mass is 9.94. The lowest BCUT2D eigenvalue weighted by Gasteiger charge is -2.36. The molecule has 4 heteroatoms. The van der Waals surface area contributed by atoms with Crippen molar-refractivity contribution >= 4 is 5.95 Å². The molecule has 2 rings (SSSR count). The average molecular weight is 248 g/mol. The maximum Gasteiger partial charge on any atom is 0.225 e. The van der Waals surface area contributed by atoms with Gasteiger partial charge in [0.1, 0.15) is 0 Å². The third-order valence-electron chi connectivity index (χ3n) is 3.64. The Balaban J connectivity index is 2.05. The Bertz CT molecular complexity index is 374. The lowest BCUT2D eigenvalue weighted by Crippen LogP contribution is -2.41. The highest BCUT2D eigenvalue weighted by Crippen LogP contribution is 2.25. The third kappa shape index (κ3) is 3.19. The summed E-state index contributed by atoms with van der Waals surface area (Å²) in [4.78, 5) is 11.3. The van der Waals surface area contributed by atoms with Crippen LogP contribution in [0.2, 0.25) is 0 Å². The molecule has 2 heterocycles. The van der Waals surface area contributed by atoms with Crippen molar-refractivity contribution in [2.45, 2.75) is 52.1 Å². The maximum absolute atomic E-state index is 5.78. The fraction of sp³-hybridized carbons (Fsp3) is 0.714. The fourth-order valence-electron chi connectivity index (χ4n) is 2.68. The highest BCUT2D eigenvalue weighted by atomic mass is 15.3. The minimum Gasteiger partial charge on any atom is -0.338 e. The van der Waals surface area contributed by atoms with Crippen LogP contribution in [0.1, 0.15) is 39.2 Å². The molecule has 18 heavy (non-hydrogen) atoms. The first-order valence-electron chi connectivity index (χ1n) is 6.89. The largest absolute Gasteiger partial charge is 0.338 e. The van der Waals surface area contributed by atoms with Crippen molar-refractivity contribution < 1.29 is 0 Å². The summed E-state index contributed by atoms with van der Waals surface area (Å²) < 4.78 is 0. The van der Waals surface area contributed by atoms with E-state index in [1.54, 1.807) is 0 Å². The molecule has 1 aliphatic rings. The Morgan fingerprint density at radius 3 is 2.61 bits per heavy atom. The van der Waals surface area contributed by atoms with Gasteiger partial charge in [-0.3, -0.25) is 0 Å².